The van der Waals surface area contributed by atoms with Gasteiger partial charge in [-0.15, -0.1) is 0 Å². The molecule has 2 N–H and O–H groups in total. The summed E-state index contributed by atoms with van der Waals surface area (Å²) in [4.78, 5) is 0. The largest absolute Gasteiger partial charge is 0.394 e. The van der Waals surface area contributed by atoms with Crippen LogP contribution in [0.5, 0.6) is 0 Å². The summed E-state index contributed by atoms with van der Waals surface area (Å²) in [6.07, 6.45) is 4.00. The van der Waals surface area contributed by atoms with Crippen LogP contribution in [0, 0.1) is 0 Å². The molecule has 0 radical (unpaired) electrons. The van der Waals surface area contributed by atoms with E-state index in [-0.39, 0.29) is 12.1 Å². The van der Waals surface area contributed by atoms with Crippen molar-refractivity contribution < 1.29 is 5.11 Å². The van der Waals surface area contributed by atoms with Crippen molar-refractivity contribution in [2.45, 2.75) is 52.2 Å². The van der Waals surface area contributed by atoms with E-state index in [1.807, 2.05) is 0 Å². The molecule has 0 aliphatic rings. The molecule has 3 nitrogen and oxygen atoms in total. The lowest BCUT2D eigenvalue weighted by Crippen LogP contribution is -2.47. The monoisotopic (exact) mass is 224 g/mol. The minimum Gasteiger partial charge on any atom is -0.394 e. The SMILES string of the molecule is CCn1cccc1CNC(CC)(CC)CO. The molecule has 0 amide bonds. The third-order valence-electron chi connectivity index (χ3n) is 3.56. The summed E-state index contributed by atoms with van der Waals surface area (Å²) in [7, 11) is 0. The molecule has 1 heterocycles. The molecule has 0 bridgehead atoms. The Bertz CT molecular complexity index is 294. The standard InChI is InChI=1S/C13H24N2O/c1-4-13(5-2,11-16)14-10-12-8-7-9-15(12)6-3/h7-9,14,16H,4-6,10-11H2,1-3H3. The zero-order valence-electron chi connectivity index (χ0n) is 10.7. The molecule has 0 aliphatic carbocycles. The summed E-state index contributed by atoms with van der Waals surface area (Å²) >= 11 is 0. The first-order valence-electron chi connectivity index (χ1n) is 6.21. The fourth-order valence-corrected chi connectivity index (χ4v) is 1.98. The number of aryl methyl sites for hydroxylation is 1. The molecular formula is C13H24N2O. The van der Waals surface area contributed by atoms with Crippen LogP contribution in [0.1, 0.15) is 39.3 Å². The predicted octanol–water partition coefficient (Wildman–Crippen LogP) is 2.15. The molecule has 3 heteroatoms. The van der Waals surface area contributed by atoms with E-state index < -0.39 is 0 Å². The Morgan fingerprint density at radius 1 is 1.31 bits per heavy atom. The Morgan fingerprint density at radius 2 is 2.00 bits per heavy atom. The highest BCUT2D eigenvalue weighted by molar-refractivity contribution is 5.07. The third kappa shape index (κ3) is 2.86. The highest BCUT2D eigenvalue weighted by Gasteiger charge is 2.24. The van der Waals surface area contributed by atoms with Gasteiger partial charge in [0.1, 0.15) is 0 Å². The molecule has 0 saturated carbocycles. The van der Waals surface area contributed by atoms with Crippen LogP contribution in [0.2, 0.25) is 0 Å². The van der Waals surface area contributed by atoms with E-state index in [1.54, 1.807) is 0 Å². The average Bonchev–Trinajstić information content (AvgIpc) is 2.79. The van der Waals surface area contributed by atoms with Gasteiger partial charge in [-0.1, -0.05) is 13.8 Å². The summed E-state index contributed by atoms with van der Waals surface area (Å²) in [5, 5.41) is 13.0. The van der Waals surface area contributed by atoms with Crippen molar-refractivity contribution >= 4 is 0 Å². The number of aliphatic hydroxyl groups is 1. The molecule has 92 valence electrons. The molecule has 0 atom stereocenters. The number of hydrogen-bond donors (Lipinski definition) is 2. The van der Waals surface area contributed by atoms with Crippen LogP contribution in [-0.2, 0) is 13.1 Å². The van der Waals surface area contributed by atoms with Gasteiger partial charge in [0.15, 0.2) is 0 Å². The van der Waals surface area contributed by atoms with Crippen LogP contribution >= 0.6 is 0 Å². The highest BCUT2D eigenvalue weighted by atomic mass is 16.3. The fourth-order valence-electron chi connectivity index (χ4n) is 1.98. The van der Waals surface area contributed by atoms with E-state index in [9.17, 15) is 5.11 Å². The maximum Gasteiger partial charge on any atom is 0.0613 e. The number of nitrogens with one attached hydrogen (secondary N) is 1. The Labute approximate surface area is 98.5 Å². The van der Waals surface area contributed by atoms with E-state index in [1.165, 1.54) is 5.69 Å². The molecule has 0 aliphatic heterocycles. The van der Waals surface area contributed by atoms with Gasteiger partial charge in [-0.2, -0.15) is 0 Å². The van der Waals surface area contributed by atoms with Gasteiger partial charge in [-0.3, -0.25) is 0 Å². The first kappa shape index (κ1) is 13.3. The second kappa shape index (κ2) is 6.06. The quantitative estimate of drug-likeness (QED) is 0.744. The smallest absolute Gasteiger partial charge is 0.0613 e. The Balaban J connectivity index is 2.62. The normalized spacial score (nSPS) is 12.0. The summed E-state index contributed by atoms with van der Waals surface area (Å²) < 4.78 is 2.22. The van der Waals surface area contributed by atoms with Gasteiger partial charge in [0.25, 0.3) is 0 Å². The lowest BCUT2D eigenvalue weighted by Gasteiger charge is -2.31. The zero-order chi connectivity index (χ0) is 12.0. The minimum absolute atomic E-state index is 0.122. The molecule has 0 unspecified atom stereocenters. The van der Waals surface area contributed by atoms with Crippen molar-refractivity contribution in [2.24, 2.45) is 0 Å². The maximum atomic E-state index is 9.46. The van der Waals surface area contributed by atoms with Crippen LogP contribution in [0.3, 0.4) is 0 Å². The second-order valence-corrected chi connectivity index (χ2v) is 4.28. The Hall–Kier alpha value is -0.800. The molecule has 0 fully saturated rings. The van der Waals surface area contributed by atoms with E-state index in [0.717, 1.165) is 25.9 Å². The topological polar surface area (TPSA) is 37.2 Å². The average molecular weight is 224 g/mol. The minimum atomic E-state index is -0.122. The molecule has 1 aromatic heterocycles. The highest BCUT2D eigenvalue weighted by Crippen LogP contribution is 2.15. The fraction of sp³-hybridized carbons (Fsp3) is 0.692. The van der Waals surface area contributed by atoms with Gasteiger partial charge in [-0.05, 0) is 31.9 Å². The molecule has 0 aromatic carbocycles. The predicted molar refractivity (Wildman–Crippen MR) is 67.3 cm³/mol. The van der Waals surface area contributed by atoms with E-state index in [0.29, 0.717) is 0 Å². The number of aliphatic hydroxyl groups excluding tert-OH is 1. The summed E-state index contributed by atoms with van der Waals surface area (Å²) in [5.41, 5.74) is 1.16. The maximum absolute atomic E-state index is 9.46. The summed E-state index contributed by atoms with van der Waals surface area (Å²) in [5.74, 6) is 0. The Morgan fingerprint density at radius 3 is 2.50 bits per heavy atom. The molecule has 16 heavy (non-hydrogen) atoms. The van der Waals surface area contributed by atoms with Crippen molar-refractivity contribution in [1.29, 1.82) is 0 Å². The number of hydrogen-bond acceptors (Lipinski definition) is 2. The van der Waals surface area contributed by atoms with Gasteiger partial charge < -0.3 is 15.0 Å². The Kier molecular flexibility index (Phi) is 5.03. The van der Waals surface area contributed by atoms with E-state index in [2.05, 4.69) is 49.0 Å². The number of rotatable bonds is 7. The van der Waals surface area contributed by atoms with Crippen LogP contribution < -0.4 is 5.32 Å². The van der Waals surface area contributed by atoms with Gasteiger partial charge in [0.05, 0.1) is 6.61 Å². The van der Waals surface area contributed by atoms with Crippen molar-refractivity contribution in [3.05, 3.63) is 24.0 Å². The van der Waals surface area contributed by atoms with Gasteiger partial charge in [0.2, 0.25) is 0 Å². The zero-order valence-corrected chi connectivity index (χ0v) is 10.7. The summed E-state index contributed by atoms with van der Waals surface area (Å²) in [6.45, 7) is 8.39. The number of aromatic nitrogens is 1. The second-order valence-electron chi connectivity index (χ2n) is 4.28. The van der Waals surface area contributed by atoms with Gasteiger partial charge in [0, 0.05) is 30.5 Å². The molecule has 1 aromatic rings. The van der Waals surface area contributed by atoms with Gasteiger partial charge >= 0.3 is 0 Å². The van der Waals surface area contributed by atoms with Gasteiger partial charge in [-0.25, -0.2) is 0 Å². The van der Waals surface area contributed by atoms with Crippen LogP contribution in [0.25, 0.3) is 0 Å². The first-order valence-corrected chi connectivity index (χ1v) is 6.21. The summed E-state index contributed by atoms with van der Waals surface area (Å²) in [6, 6.07) is 4.20. The van der Waals surface area contributed by atoms with Crippen molar-refractivity contribution in [3.63, 3.8) is 0 Å². The lowest BCUT2D eigenvalue weighted by atomic mass is 9.94. The van der Waals surface area contributed by atoms with Crippen molar-refractivity contribution in [2.75, 3.05) is 6.61 Å². The van der Waals surface area contributed by atoms with Crippen LogP contribution in [0.4, 0.5) is 0 Å². The molecular weight excluding hydrogens is 200 g/mol. The molecule has 0 spiro atoms. The van der Waals surface area contributed by atoms with Crippen LogP contribution in [-0.4, -0.2) is 21.8 Å². The number of nitrogens with zero attached hydrogens (tertiary/aromatic N) is 1. The molecule has 0 saturated heterocycles. The van der Waals surface area contributed by atoms with Crippen molar-refractivity contribution in [3.8, 4) is 0 Å². The van der Waals surface area contributed by atoms with E-state index >= 15 is 0 Å². The third-order valence-corrected chi connectivity index (χ3v) is 3.56. The van der Waals surface area contributed by atoms with Crippen LogP contribution in [0.15, 0.2) is 18.3 Å². The van der Waals surface area contributed by atoms with Crippen molar-refractivity contribution in [1.82, 2.24) is 9.88 Å². The lowest BCUT2D eigenvalue weighted by molar-refractivity contribution is 0.148. The molecule has 1 rings (SSSR count). The van der Waals surface area contributed by atoms with E-state index in [4.69, 9.17) is 0 Å². The first-order chi connectivity index (χ1) is 7.71.